The first-order valence-corrected chi connectivity index (χ1v) is 5.76. The molecule has 0 N–H and O–H groups in total. The van der Waals surface area contributed by atoms with E-state index in [9.17, 15) is 0 Å². The lowest BCUT2D eigenvalue weighted by Gasteiger charge is -2.01. The molecule has 0 saturated heterocycles. The zero-order valence-electron chi connectivity index (χ0n) is 10.8. The minimum Gasteiger partial charge on any atom is -0.106 e. The second-order valence-electron chi connectivity index (χ2n) is 3.64. The van der Waals surface area contributed by atoms with Gasteiger partial charge in [0.25, 0.3) is 0 Å². The molecule has 0 nitrogen and oxygen atoms in total. The molecule has 0 spiro atoms. The Bertz CT molecular complexity index is 317. The molecule has 1 aromatic rings. The molecule has 0 atom stereocenters. The maximum Gasteiger partial charge on any atom is 0.103 e. The number of hydrogen-bond acceptors (Lipinski definition) is 0. The summed E-state index contributed by atoms with van der Waals surface area (Å²) < 4.78 is 0. The monoisotopic (exact) mass is 225 g/mol. The SMILES string of the molecule is C=C.CC(C)c1ccccc1.[C+]1=CC=CC=C1. The Kier molecular flexibility index (Phi) is 9.41. The largest absolute Gasteiger partial charge is 0.106 e. The third-order valence-electron chi connectivity index (χ3n) is 2.07. The number of allylic oxidation sites excluding steroid dienone is 6. The molecule has 0 amide bonds. The van der Waals surface area contributed by atoms with Crippen molar-refractivity contribution in [2.45, 2.75) is 19.8 Å². The molecule has 0 unspecified atom stereocenters. The normalized spacial score (nSPS) is 10.8. The van der Waals surface area contributed by atoms with E-state index >= 15 is 0 Å². The van der Waals surface area contributed by atoms with Crippen molar-refractivity contribution in [3.8, 4) is 0 Å². The van der Waals surface area contributed by atoms with E-state index in [1.807, 2.05) is 36.4 Å². The summed E-state index contributed by atoms with van der Waals surface area (Å²) in [4.78, 5) is 0. The Morgan fingerprint density at radius 3 is 1.82 bits per heavy atom. The van der Waals surface area contributed by atoms with Crippen LogP contribution < -0.4 is 0 Å². The lowest BCUT2D eigenvalue weighted by atomic mass is 10.0. The van der Waals surface area contributed by atoms with Crippen LogP contribution in [0.5, 0.6) is 0 Å². The van der Waals surface area contributed by atoms with Crippen LogP contribution in [0.3, 0.4) is 0 Å². The first kappa shape index (κ1) is 15.1. The molecule has 0 saturated carbocycles. The zero-order valence-corrected chi connectivity index (χ0v) is 10.8. The van der Waals surface area contributed by atoms with E-state index in [1.54, 1.807) is 0 Å². The molecule has 0 radical (unpaired) electrons. The summed E-state index contributed by atoms with van der Waals surface area (Å²) in [6.45, 7) is 10.4. The van der Waals surface area contributed by atoms with Gasteiger partial charge in [-0.3, -0.25) is 0 Å². The van der Waals surface area contributed by atoms with Gasteiger partial charge in [0.2, 0.25) is 0 Å². The van der Waals surface area contributed by atoms with Crippen molar-refractivity contribution in [2.24, 2.45) is 0 Å². The molecule has 0 aromatic heterocycles. The fourth-order valence-electron chi connectivity index (χ4n) is 1.18. The summed E-state index contributed by atoms with van der Waals surface area (Å²) in [5.41, 5.74) is 1.41. The summed E-state index contributed by atoms with van der Waals surface area (Å²) in [5, 5.41) is 0. The van der Waals surface area contributed by atoms with Crippen LogP contribution in [0.2, 0.25) is 0 Å². The minimum absolute atomic E-state index is 0.659. The van der Waals surface area contributed by atoms with Crippen molar-refractivity contribution in [2.75, 3.05) is 0 Å². The van der Waals surface area contributed by atoms with Gasteiger partial charge in [-0.05, 0) is 11.5 Å². The van der Waals surface area contributed by atoms with Gasteiger partial charge in [-0.1, -0.05) is 44.2 Å². The lowest BCUT2D eigenvalue weighted by Crippen LogP contribution is -1.83. The van der Waals surface area contributed by atoms with Gasteiger partial charge >= 0.3 is 0 Å². The zero-order chi connectivity index (χ0) is 12.9. The van der Waals surface area contributed by atoms with Crippen molar-refractivity contribution < 1.29 is 0 Å². The van der Waals surface area contributed by atoms with Crippen LogP contribution >= 0.6 is 0 Å². The van der Waals surface area contributed by atoms with E-state index < -0.39 is 0 Å². The molecule has 1 aliphatic carbocycles. The molecule has 17 heavy (non-hydrogen) atoms. The van der Waals surface area contributed by atoms with E-state index in [2.05, 4.69) is 57.3 Å². The molecular formula is C17H21+. The number of benzene rings is 1. The second kappa shape index (κ2) is 10.6. The standard InChI is InChI=1S/C9H12.C6H5.C2H4/c1-8(2)9-6-4-3-5-7-9;1-2-4-6-5-3-1;1-2/h3-8H,1-2H3;1-5H;1-2H2/q;+1;. The predicted octanol–water partition coefficient (Wildman–Crippen LogP) is 5.08. The van der Waals surface area contributed by atoms with Gasteiger partial charge in [0, 0.05) is 24.3 Å². The van der Waals surface area contributed by atoms with E-state index in [4.69, 9.17) is 0 Å². The van der Waals surface area contributed by atoms with E-state index in [0.717, 1.165) is 0 Å². The van der Waals surface area contributed by atoms with Gasteiger partial charge in [-0.25, -0.2) is 0 Å². The van der Waals surface area contributed by atoms with Gasteiger partial charge in [0.15, 0.2) is 0 Å². The fourth-order valence-corrected chi connectivity index (χ4v) is 1.18. The number of rotatable bonds is 1. The van der Waals surface area contributed by atoms with E-state index in [0.29, 0.717) is 5.92 Å². The summed E-state index contributed by atoms with van der Waals surface area (Å²) in [5.74, 6) is 0.659. The molecule has 1 aliphatic rings. The fraction of sp³-hybridized carbons (Fsp3) is 0.176. The number of hydrogen-bond donors (Lipinski definition) is 0. The molecule has 2 rings (SSSR count). The highest BCUT2D eigenvalue weighted by Crippen LogP contribution is 2.11. The van der Waals surface area contributed by atoms with Crippen LogP contribution in [0.15, 0.2) is 73.9 Å². The molecule has 0 heterocycles. The molecular weight excluding hydrogens is 204 g/mol. The molecule has 0 bridgehead atoms. The summed E-state index contributed by atoms with van der Waals surface area (Å²) >= 11 is 0. The van der Waals surface area contributed by atoms with Crippen molar-refractivity contribution in [3.63, 3.8) is 0 Å². The highest BCUT2D eigenvalue weighted by Gasteiger charge is 1.93. The summed E-state index contributed by atoms with van der Waals surface area (Å²) in [6, 6.07) is 10.5. The molecule has 0 aliphatic heterocycles. The van der Waals surface area contributed by atoms with E-state index in [-0.39, 0.29) is 0 Å². The van der Waals surface area contributed by atoms with Crippen molar-refractivity contribution in [1.29, 1.82) is 0 Å². The lowest BCUT2D eigenvalue weighted by molar-refractivity contribution is 0.867. The summed E-state index contributed by atoms with van der Waals surface area (Å²) in [7, 11) is 0. The molecule has 0 fully saturated rings. The van der Waals surface area contributed by atoms with Gasteiger partial charge in [0.05, 0.1) is 0 Å². The highest BCUT2D eigenvalue weighted by molar-refractivity contribution is 5.19. The van der Waals surface area contributed by atoms with Crippen LogP contribution in [0.25, 0.3) is 0 Å². The quantitative estimate of drug-likeness (QED) is 0.461. The topological polar surface area (TPSA) is 0 Å². The van der Waals surface area contributed by atoms with E-state index in [1.165, 1.54) is 5.56 Å². The van der Waals surface area contributed by atoms with Crippen molar-refractivity contribution in [1.82, 2.24) is 0 Å². The Morgan fingerprint density at radius 2 is 1.59 bits per heavy atom. The second-order valence-corrected chi connectivity index (χ2v) is 3.64. The van der Waals surface area contributed by atoms with Crippen LogP contribution in [0.1, 0.15) is 25.3 Å². The van der Waals surface area contributed by atoms with Gasteiger partial charge < -0.3 is 0 Å². The molecule has 1 aromatic carbocycles. The van der Waals surface area contributed by atoms with Crippen LogP contribution in [0, 0.1) is 6.08 Å². The predicted molar refractivity (Wildman–Crippen MR) is 77.9 cm³/mol. The first-order chi connectivity index (χ1) is 8.30. The Balaban J connectivity index is 0.000000278. The maximum atomic E-state index is 3.00. The average Bonchev–Trinajstić information content (AvgIpc) is 2.44. The first-order valence-electron chi connectivity index (χ1n) is 5.76. The smallest absolute Gasteiger partial charge is 0.103 e. The third-order valence-corrected chi connectivity index (χ3v) is 2.07. The van der Waals surface area contributed by atoms with Gasteiger partial charge in [0.1, 0.15) is 12.2 Å². The molecule has 0 heteroatoms. The third kappa shape index (κ3) is 7.96. The highest BCUT2D eigenvalue weighted by atomic mass is 14.0. The Morgan fingerprint density at radius 1 is 0.941 bits per heavy atom. The van der Waals surface area contributed by atoms with Crippen LogP contribution in [-0.2, 0) is 0 Å². The minimum atomic E-state index is 0.659. The van der Waals surface area contributed by atoms with Crippen molar-refractivity contribution >= 4 is 0 Å². The molecule has 88 valence electrons. The Hall–Kier alpha value is -1.91. The maximum absolute atomic E-state index is 3.00. The van der Waals surface area contributed by atoms with Crippen LogP contribution in [-0.4, -0.2) is 0 Å². The Labute approximate surface area is 106 Å². The summed E-state index contributed by atoms with van der Waals surface area (Å²) in [6.07, 6.45) is 12.5. The van der Waals surface area contributed by atoms with Gasteiger partial charge in [-0.2, -0.15) is 0 Å². The van der Waals surface area contributed by atoms with Crippen LogP contribution in [0.4, 0.5) is 0 Å². The van der Waals surface area contributed by atoms with Gasteiger partial charge in [-0.15, -0.1) is 13.2 Å². The average molecular weight is 225 g/mol. The van der Waals surface area contributed by atoms with Crippen molar-refractivity contribution in [3.05, 3.63) is 85.5 Å².